The highest BCUT2D eigenvalue weighted by atomic mass is 16.3. The first-order valence-corrected chi connectivity index (χ1v) is 17.6. The fourth-order valence-corrected chi connectivity index (χ4v) is 8.26. The molecule has 53 heavy (non-hydrogen) atoms. The Hall–Kier alpha value is -7.38. The van der Waals surface area contributed by atoms with E-state index in [1.54, 1.807) is 0 Å². The standard InChI is InChI=1S/C46H26N6O/c1-8-18-36-29(12-1)43-38(51(36)42-26-47-32-14-4-5-15-33(32)48-42)22-23-39-44(43)30-13-2-9-19-37(30)52(39)46-45(49-34-16-6-7-17-35(34)50-46)27-21-24-41-31(25-27)28-11-3-10-20-40(28)53-41/h1-26H. The fourth-order valence-electron chi connectivity index (χ4n) is 8.26. The Morgan fingerprint density at radius 1 is 0.415 bits per heavy atom. The Morgan fingerprint density at radius 2 is 0.981 bits per heavy atom. The van der Waals surface area contributed by atoms with Crippen LogP contribution < -0.4 is 0 Å². The largest absolute Gasteiger partial charge is 0.456 e. The summed E-state index contributed by atoms with van der Waals surface area (Å²) in [5.41, 5.74) is 11.1. The molecule has 12 aromatic rings. The topological polar surface area (TPSA) is 74.6 Å². The van der Waals surface area contributed by atoms with Crippen molar-refractivity contribution in [1.29, 1.82) is 0 Å². The fraction of sp³-hybridized carbons (Fsp3) is 0. The smallest absolute Gasteiger partial charge is 0.165 e. The van der Waals surface area contributed by atoms with Gasteiger partial charge < -0.3 is 4.42 Å². The van der Waals surface area contributed by atoms with E-state index in [1.807, 2.05) is 79.0 Å². The zero-order valence-electron chi connectivity index (χ0n) is 28.1. The summed E-state index contributed by atoms with van der Waals surface area (Å²) in [7, 11) is 0. The van der Waals surface area contributed by atoms with Gasteiger partial charge in [0, 0.05) is 37.9 Å². The van der Waals surface area contributed by atoms with Crippen LogP contribution in [0.2, 0.25) is 0 Å². The van der Waals surface area contributed by atoms with E-state index >= 15 is 0 Å². The maximum absolute atomic E-state index is 6.21. The molecule has 0 aliphatic carbocycles. The summed E-state index contributed by atoms with van der Waals surface area (Å²) in [5, 5.41) is 6.72. The second-order valence-electron chi connectivity index (χ2n) is 13.5. The Kier molecular flexibility index (Phi) is 5.65. The lowest BCUT2D eigenvalue weighted by Gasteiger charge is -2.14. The van der Waals surface area contributed by atoms with Gasteiger partial charge in [0.2, 0.25) is 0 Å². The van der Waals surface area contributed by atoms with Crippen LogP contribution in [0.1, 0.15) is 0 Å². The van der Waals surface area contributed by atoms with Gasteiger partial charge in [-0.3, -0.25) is 14.1 Å². The third kappa shape index (κ3) is 3.98. The van der Waals surface area contributed by atoms with Crippen LogP contribution in [0.4, 0.5) is 0 Å². The van der Waals surface area contributed by atoms with E-state index in [-0.39, 0.29) is 0 Å². The molecule has 7 aromatic carbocycles. The quantitative estimate of drug-likeness (QED) is 0.186. The Bertz CT molecular complexity index is 3480. The number of nitrogens with zero attached hydrogens (tertiary/aromatic N) is 6. The molecule has 0 atom stereocenters. The van der Waals surface area contributed by atoms with Gasteiger partial charge in [-0.05, 0) is 72.8 Å². The van der Waals surface area contributed by atoms with Gasteiger partial charge in [0.25, 0.3) is 0 Å². The predicted octanol–water partition coefficient (Wildman–Crippen LogP) is 11.3. The molecule has 0 bridgehead atoms. The van der Waals surface area contributed by atoms with Crippen LogP contribution >= 0.6 is 0 Å². The highest BCUT2D eigenvalue weighted by molar-refractivity contribution is 6.29. The number of para-hydroxylation sites is 7. The van der Waals surface area contributed by atoms with E-state index in [1.165, 1.54) is 0 Å². The molecule has 0 saturated heterocycles. The van der Waals surface area contributed by atoms with Crippen molar-refractivity contribution in [2.24, 2.45) is 0 Å². The van der Waals surface area contributed by atoms with E-state index in [4.69, 9.17) is 24.4 Å². The molecule has 7 heteroatoms. The van der Waals surface area contributed by atoms with Crippen LogP contribution in [-0.4, -0.2) is 29.1 Å². The summed E-state index contributed by atoms with van der Waals surface area (Å²) in [5.74, 6) is 1.55. The average Bonchev–Trinajstić information content (AvgIpc) is 3.87. The van der Waals surface area contributed by atoms with Gasteiger partial charge in [-0.2, -0.15) is 0 Å². The van der Waals surface area contributed by atoms with Gasteiger partial charge in [-0.15, -0.1) is 0 Å². The molecule has 7 nitrogen and oxygen atoms in total. The Labute approximate surface area is 301 Å². The van der Waals surface area contributed by atoms with Crippen LogP contribution in [0.5, 0.6) is 0 Å². The van der Waals surface area contributed by atoms with Gasteiger partial charge in [-0.25, -0.2) is 15.0 Å². The molecule has 0 unspecified atom stereocenters. The van der Waals surface area contributed by atoms with Gasteiger partial charge in [0.15, 0.2) is 11.6 Å². The Morgan fingerprint density at radius 3 is 1.74 bits per heavy atom. The molecule has 246 valence electrons. The van der Waals surface area contributed by atoms with E-state index in [9.17, 15) is 0 Å². The monoisotopic (exact) mass is 678 g/mol. The first-order chi connectivity index (χ1) is 26.3. The van der Waals surface area contributed by atoms with Crippen molar-refractivity contribution >= 4 is 87.6 Å². The molecule has 12 rings (SSSR count). The average molecular weight is 679 g/mol. The minimum absolute atomic E-state index is 0.769. The molecule has 0 amide bonds. The summed E-state index contributed by atoms with van der Waals surface area (Å²) in [6.45, 7) is 0. The van der Waals surface area contributed by atoms with E-state index in [2.05, 4.69) is 88.0 Å². The molecule has 0 aliphatic rings. The zero-order valence-corrected chi connectivity index (χ0v) is 28.1. The van der Waals surface area contributed by atoms with Crippen molar-refractivity contribution in [3.05, 3.63) is 158 Å². The van der Waals surface area contributed by atoms with Gasteiger partial charge >= 0.3 is 0 Å². The number of furan rings is 1. The van der Waals surface area contributed by atoms with Crippen LogP contribution in [0.15, 0.2) is 162 Å². The summed E-state index contributed by atoms with van der Waals surface area (Å²) < 4.78 is 10.7. The van der Waals surface area contributed by atoms with Crippen molar-refractivity contribution in [2.45, 2.75) is 0 Å². The number of aromatic nitrogens is 6. The van der Waals surface area contributed by atoms with E-state index in [0.717, 1.165) is 111 Å². The molecule has 0 radical (unpaired) electrons. The summed E-state index contributed by atoms with van der Waals surface area (Å²) in [6.07, 6.45) is 1.87. The van der Waals surface area contributed by atoms with Crippen molar-refractivity contribution in [3.8, 4) is 22.9 Å². The molecule has 0 aliphatic heterocycles. The summed E-state index contributed by atoms with van der Waals surface area (Å²) >= 11 is 0. The van der Waals surface area contributed by atoms with Gasteiger partial charge in [0.1, 0.15) is 16.9 Å². The van der Waals surface area contributed by atoms with E-state index < -0.39 is 0 Å². The van der Waals surface area contributed by atoms with Crippen molar-refractivity contribution < 1.29 is 4.42 Å². The number of hydrogen-bond donors (Lipinski definition) is 0. The number of fused-ring (bicyclic) bond motifs is 12. The predicted molar refractivity (Wildman–Crippen MR) is 214 cm³/mol. The van der Waals surface area contributed by atoms with Crippen LogP contribution in [0, 0.1) is 0 Å². The van der Waals surface area contributed by atoms with Gasteiger partial charge in [-0.1, -0.05) is 78.9 Å². The zero-order chi connectivity index (χ0) is 34.6. The molecule has 0 saturated carbocycles. The molecule has 0 spiro atoms. The summed E-state index contributed by atoms with van der Waals surface area (Å²) in [6, 6.07) is 52.2. The second-order valence-corrected chi connectivity index (χ2v) is 13.5. The lowest BCUT2D eigenvalue weighted by atomic mass is 10.1. The second kappa shape index (κ2) is 10.6. The highest BCUT2D eigenvalue weighted by Crippen LogP contribution is 2.43. The van der Waals surface area contributed by atoms with Crippen LogP contribution in [-0.2, 0) is 0 Å². The number of hydrogen-bond acceptors (Lipinski definition) is 5. The molecule has 5 aromatic heterocycles. The molecule has 5 heterocycles. The van der Waals surface area contributed by atoms with Gasteiger partial charge in [0.05, 0.1) is 50.3 Å². The first-order valence-electron chi connectivity index (χ1n) is 17.6. The minimum Gasteiger partial charge on any atom is -0.456 e. The van der Waals surface area contributed by atoms with Crippen molar-refractivity contribution in [3.63, 3.8) is 0 Å². The molecule has 0 fully saturated rings. The third-order valence-corrected chi connectivity index (χ3v) is 10.6. The van der Waals surface area contributed by atoms with Crippen LogP contribution in [0.3, 0.4) is 0 Å². The maximum atomic E-state index is 6.21. The molecular formula is C46H26N6O. The van der Waals surface area contributed by atoms with Crippen molar-refractivity contribution in [1.82, 2.24) is 29.1 Å². The minimum atomic E-state index is 0.769. The molecular weight excluding hydrogens is 653 g/mol. The number of rotatable bonds is 3. The lowest BCUT2D eigenvalue weighted by Crippen LogP contribution is -2.03. The van der Waals surface area contributed by atoms with E-state index in [0.29, 0.717) is 0 Å². The third-order valence-electron chi connectivity index (χ3n) is 10.6. The summed E-state index contributed by atoms with van der Waals surface area (Å²) in [4.78, 5) is 20.6. The van der Waals surface area contributed by atoms with Crippen LogP contribution in [0.25, 0.3) is 111 Å². The highest BCUT2D eigenvalue weighted by Gasteiger charge is 2.24. The Balaban J connectivity index is 1.20. The van der Waals surface area contributed by atoms with Crippen molar-refractivity contribution in [2.75, 3.05) is 0 Å². The lowest BCUT2D eigenvalue weighted by molar-refractivity contribution is 0.669. The first kappa shape index (κ1) is 28.3. The SMILES string of the molecule is c1ccc2nc(-n3c4ccccc4c4c5c6ccccc6n(-c6nc7ccccc7nc6-c6ccc7oc8ccccc8c7c6)c5ccc43)cnc2c1. The number of benzene rings is 7. The normalized spacial score (nSPS) is 12.2. The maximum Gasteiger partial charge on any atom is 0.165 e. The molecule has 0 N–H and O–H groups in total.